The normalized spacial score (nSPS) is 12.2. The van der Waals surface area contributed by atoms with Crippen LogP contribution in [0, 0.1) is 0 Å². The molecule has 0 aromatic heterocycles. The maximum atomic E-state index is 13.7. The topological polar surface area (TPSA) is 49.4 Å². The SMILES string of the molecule is CC(C)(C)NC(=O)[C@@H](Cc1ccccc1)N(Cc1ccc(Br)cc1)C(=O)Cc1ccc(Cl)c(Cl)c1. The fraction of sp³-hybridized carbons (Fsp3) is 0.286. The average molecular weight is 576 g/mol. The minimum absolute atomic E-state index is 0.0987. The number of halogens is 3. The van der Waals surface area contributed by atoms with Crippen LogP contribution < -0.4 is 5.32 Å². The maximum Gasteiger partial charge on any atom is 0.243 e. The van der Waals surface area contributed by atoms with Crippen LogP contribution in [0.15, 0.2) is 77.3 Å². The molecule has 3 rings (SSSR count). The van der Waals surface area contributed by atoms with Gasteiger partial charge in [-0.25, -0.2) is 0 Å². The van der Waals surface area contributed by atoms with Gasteiger partial charge < -0.3 is 10.2 Å². The number of benzene rings is 3. The summed E-state index contributed by atoms with van der Waals surface area (Å²) < 4.78 is 0.946. The third-order valence-electron chi connectivity index (χ3n) is 5.37. The molecular formula is C28H29BrCl2N2O2. The van der Waals surface area contributed by atoms with E-state index in [0.717, 1.165) is 21.2 Å². The Bertz CT molecular complexity index is 1160. The molecule has 0 spiro atoms. The maximum absolute atomic E-state index is 13.7. The molecule has 0 fully saturated rings. The molecule has 0 saturated heterocycles. The van der Waals surface area contributed by atoms with Gasteiger partial charge in [0, 0.05) is 23.0 Å². The Morgan fingerprint density at radius 2 is 1.51 bits per heavy atom. The van der Waals surface area contributed by atoms with Crippen molar-refractivity contribution in [3.05, 3.63) is 104 Å². The number of amides is 2. The second-order valence-corrected chi connectivity index (χ2v) is 11.2. The predicted molar refractivity (Wildman–Crippen MR) is 147 cm³/mol. The van der Waals surface area contributed by atoms with E-state index >= 15 is 0 Å². The van der Waals surface area contributed by atoms with Gasteiger partial charge in [0.05, 0.1) is 16.5 Å². The molecule has 0 saturated carbocycles. The fourth-order valence-electron chi connectivity index (χ4n) is 3.72. The van der Waals surface area contributed by atoms with E-state index in [9.17, 15) is 9.59 Å². The molecule has 3 aromatic rings. The molecule has 35 heavy (non-hydrogen) atoms. The van der Waals surface area contributed by atoms with Crippen LogP contribution in [0.3, 0.4) is 0 Å². The Labute approximate surface area is 225 Å². The summed E-state index contributed by atoms with van der Waals surface area (Å²) >= 11 is 15.7. The molecule has 0 bridgehead atoms. The molecule has 1 atom stereocenters. The van der Waals surface area contributed by atoms with E-state index in [1.165, 1.54) is 0 Å². The van der Waals surface area contributed by atoms with Crippen molar-refractivity contribution >= 4 is 50.9 Å². The summed E-state index contributed by atoms with van der Waals surface area (Å²) in [4.78, 5) is 29.0. The number of rotatable bonds is 8. The lowest BCUT2D eigenvalue weighted by molar-refractivity contribution is -0.141. The van der Waals surface area contributed by atoms with E-state index in [4.69, 9.17) is 23.2 Å². The van der Waals surface area contributed by atoms with E-state index in [2.05, 4.69) is 21.2 Å². The largest absolute Gasteiger partial charge is 0.350 e. The van der Waals surface area contributed by atoms with Crippen molar-refractivity contribution in [2.45, 2.75) is 51.7 Å². The van der Waals surface area contributed by atoms with Gasteiger partial charge in [0.2, 0.25) is 11.8 Å². The van der Waals surface area contributed by atoms with Crippen LogP contribution in [-0.2, 0) is 29.0 Å². The molecule has 0 radical (unpaired) electrons. The molecule has 2 amide bonds. The monoisotopic (exact) mass is 574 g/mol. The Morgan fingerprint density at radius 1 is 0.886 bits per heavy atom. The summed E-state index contributed by atoms with van der Waals surface area (Å²) in [6.45, 7) is 6.09. The van der Waals surface area contributed by atoms with Crippen molar-refractivity contribution < 1.29 is 9.59 Å². The number of carbonyl (C=O) groups is 2. The summed E-state index contributed by atoms with van der Waals surface area (Å²) in [5.74, 6) is -0.364. The minimum atomic E-state index is -0.699. The first-order chi connectivity index (χ1) is 16.5. The summed E-state index contributed by atoms with van der Waals surface area (Å²) in [7, 11) is 0. The van der Waals surface area contributed by atoms with Crippen LogP contribution in [0.1, 0.15) is 37.5 Å². The first-order valence-electron chi connectivity index (χ1n) is 11.4. The quantitative estimate of drug-likeness (QED) is 0.319. The molecule has 7 heteroatoms. The molecule has 0 heterocycles. The van der Waals surface area contributed by atoms with Crippen molar-refractivity contribution in [2.24, 2.45) is 0 Å². The van der Waals surface area contributed by atoms with Crippen LogP contribution in [0.4, 0.5) is 0 Å². The summed E-state index contributed by atoms with van der Waals surface area (Å²) in [5, 5.41) is 3.89. The highest BCUT2D eigenvalue weighted by Crippen LogP contribution is 2.24. The zero-order valence-corrected chi connectivity index (χ0v) is 23.1. The Kier molecular flexibility index (Phi) is 9.40. The zero-order valence-electron chi connectivity index (χ0n) is 20.0. The molecule has 3 aromatic carbocycles. The molecule has 184 valence electrons. The second kappa shape index (κ2) is 12.1. The average Bonchev–Trinajstić information content (AvgIpc) is 2.79. The van der Waals surface area contributed by atoms with Crippen molar-refractivity contribution in [2.75, 3.05) is 0 Å². The highest BCUT2D eigenvalue weighted by Gasteiger charge is 2.32. The number of carbonyl (C=O) groups excluding carboxylic acids is 2. The van der Waals surface area contributed by atoms with Gasteiger partial charge in [0.1, 0.15) is 6.04 Å². The van der Waals surface area contributed by atoms with Gasteiger partial charge in [-0.05, 0) is 61.7 Å². The number of nitrogens with zero attached hydrogens (tertiary/aromatic N) is 1. The number of hydrogen-bond acceptors (Lipinski definition) is 2. The van der Waals surface area contributed by atoms with E-state index in [1.807, 2.05) is 75.4 Å². The Balaban J connectivity index is 1.99. The summed E-state index contributed by atoms with van der Waals surface area (Å²) in [6, 6.07) is 22.0. The number of nitrogens with one attached hydrogen (secondary N) is 1. The van der Waals surface area contributed by atoms with Crippen molar-refractivity contribution in [1.82, 2.24) is 10.2 Å². The summed E-state index contributed by atoms with van der Waals surface area (Å²) in [5.41, 5.74) is 2.20. The first-order valence-corrected chi connectivity index (χ1v) is 12.9. The van der Waals surface area contributed by atoms with Gasteiger partial charge in [0.25, 0.3) is 0 Å². The van der Waals surface area contributed by atoms with Crippen molar-refractivity contribution in [1.29, 1.82) is 0 Å². The van der Waals surface area contributed by atoms with E-state index in [0.29, 0.717) is 23.0 Å². The lowest BCUT2D eigenvalue weighted by atomic mass is 10.00. The molecule has 0 aliphatic carbocycles. The lowest BCUT2D eigenvalue weighted by Crippen LogP contribution is -2.54. The van der Waals surface area contributed by atoms with Crippen LogP contribution in [0.5, 0.6) is 0 Å². The van der Waals surface area contributed by atoms with Gasteiger partial charge >= 0.3 is 0 Å². The summed E-state index contributed by atoms with van der Waals surface area (Å²) in [6.07, 6.45) is 0.494. The van der Waals surface area contributed by atoms with E-state index in [-0.39, 0.29) is 18.2 Å². The Morgan fingerprint density at radius 3 is 2.11 bits per heavy atom. The van der Waals surface area contributed by atoms with Crippen LogP contribution in [0.25, 0.3) is 0 Å². The zero-order chi connectivity index (χ0) is 25.6. The van der Waals surface area contributed by atoms with Crippen LogP contribution in [-0.4, -0.2) is 28.3 Å². The highest BCUT2D eigenvalue weighted by molar-refractivity contribution is 9.10. The van der Waals surface area contributed by atoms with Gasteiger partial charge in [-0.2, -0.15) is 0 Å². The van der Waals surface area contributed by atoms with E-state index < -0.39 is 11.6 Å². The third kappa shape index (κ3) is 8.38. The van der Waals surface area contributed by atoms with Gasteiger partial charge in [-0.3, -0.25) is 9.59 Å². The smallest absolute Gasteiger partial charge is 0.243 e. The first kappa shape index (κ1) is 27.3. The molecular weight excluding hydrogens is 547 g/mol. The highest BCUT2D eigenvalue weighted by atomic mass is 79.9. The lowest BCUT2D eigenvalue weighted by Gasteiger charge is -2.34. The fourth-order valence-corrected chi connectivity index (χ4v) is 4.30. The van der Waals surface area contributed by atoms with Crippen molar-refractivity contribution in [3.8, 4) is 0 Å². The minimum Gasteiger partial charge on any atom is -0.350 e. The van der Waals surface area contributed by atoms with E-state index in [1.54, 1.807) is 23.1 Å². The Hall–Kier alpha value is -2.34. The standard InChI is InChI=1S/C28H29BrCl2N2O2/c1-28(2,3)32-27(35)25(16-19-7-5-4-6-8-19)33(18-20-9-12-22(29)13-10-20)26(34)17-21-11-14-23(30)24(31)15-21/h4-15,25H,16-18H2,1-3H3,(H,32,35)/t25-/m1/s1. The van der Waals surface area contributed by atoms with Crippen LogP contribution in [0.2, 0.25) is 10.0 Å². The molecule has 4 nitrogen and oxygen atoms in total. The number of hydrogen-bond donors (Lipinski definition) is 1. The molecule has 1 N–H and O–H groups in total. The molecule has 0 aliphatic rings. The predicted octanol–water partition coefficient (Wildman–Crippen LogP) is 6.85. The second-order valence-electron chi connectivity index (χ2n) is 9.52. The van der Waals surface area contributed by atoms with Gasteiger partial charge in [-0.1, -0.05) is 87.7 Å². The van der Waals surface area contributed by atoms with Crippen LogP contribution >= 0.6 is 39.1 Å². The third-order valence-corrected chi connectivity index (χ3v) is 6.64. The van der Waals surface area contributed by atoms with Gasteiger partial charge in [0.15, 0.2) is 0 Å². The van der Waals surface area contributed by atoms with Gasteiger partial charge in [-0.15, -0.1) is 0 Å². The van der Waals surface area contributed by atoms with Crippen molar-refractivity contribution in [3.63, 3.8) is 0 Å². The molecule has 0 unspecified atom stereocenters. The molecule has 0 aliphatic heterocycles.